The van der Waals surface area contributed by atoms with E-state index in [2.05, 4.69) is 30.7 Å². The number of carboxylic acids is 1. The van der Waals surface area contributed by atoms with E-state index in [4.69, 9.17) is 0 Å². The summed E-state index contributed by atoms with van der Waals surface area (Å²) in [5.41, 5.74) is 0.828. The fourth-order valence-electron chi connectivity index (χ4n) is 1.67. The first-order valence-corrected chi connectivity index (χ1v) is 7.05. The van der Waals surface area contributed by atoms with Gasteiger partial charge in [0.25, 0.3) is 0 Å². The fraction of sp³-hybridized carbons (Fsp3) is 0.692. The second kappa shape index (κ2) is 5.54. The molecule has 19 heavy (non-hydrogen) atoms. The molecule has 0 saturated heterocycles. The summed E-state index contributed by atoms with van der Waals surface area (Å²) in [6.07, 6.45) is 2.10. The lowest BCUT2D eigenvalue weighted by atomic mass is 10.1. The van der Waals surface area contributed by atoms with E-state index in [1.54, 1.807) is 18.0 Å². The van der Waals surface area contributed by atoms with E-state index in [-0.39, 0.29) is 4.75 Å². The maximum atomic E-state index is 11.2. The fourth-order valence-corrected chi connectivity index (χ4v) is 2.53. The molecule has 1 N–H and O–H groups in total. The van der Waals surface area contributed by atoms with Gasteiger partial charge >= 0.3 is 0 Å². The molecule has 1 rings (SSSR count). The lowest BCUT2D eigenvalue weighted by Crippen LogP contribution is -2.55. The minimum absolute atomic E-state index is 0.0724. The number of hydrogen-bond donors (Lipinski definition) is 1. The minimum atomic E-state index is -1.04. The van der Waals surface area contributed by atoms with E-state index >= 15 is 0 Å². The lowest BCUT2D eigenvalue weighted by molar-refractivity contribution is -0.889. The highest BCUT2D eigenvalue weighted by Gasteiger charge is 2.26. The summed E-state index contributed by atoms with van der Waals surface area (Å²) in [4.78, 5) is 18.7. The number of aromatic nitrogens is 2. The van der Waals surface area contributed by atoms with Gasteiger partial charge in [0, 0.05) is 23.1 Å². The smallest absolute Gasteiger partial charge is 0.166 e. The summed E-state index contributed by atoms with van der Waals surface area (Å²) in [5.74, 6) is -1.04. The first kappa shape index (κ1) is 16.0. The third-order valence-electron chi connectivity index (χ3n) is 2.63. The van der Waals surface area contributed by atoms with Crippen molar-refractivity contribution in [3.05, 3.63) is 11.9 Å². The van der Waals surface area contributed by atoms with Crippen LogP contribution in [0.4, 0.5) is 0 Å². The molecular formula is C13H23N3O2S. The Bertz CT molecular complexity index is 443. The van der Waals surface area contributed by atoms with E-state index in [1.807, 2.05) is 21.1 Å². The maximum Gasteiger partial charge on any atom is 0.166 e. The molecule has 0 aliphatic rings. The molecule has 108 valence electrons. The zero-order valence-electron chi connectivity index (χ0n) is 12.5. The standard InChI is InChI=1S/C13H23N3O2S/c1-13(2,3)19-12-14-8-9(15-12)7-10(11(17)18)16(4,5)6/h8,10H,7H2,1-6H3,(H-,14,15,17,18)/t10-/m0/s1. The van der Waals surface area contributed by atoms with Gasteiger partial charge in [-0.05, 0) is 0 Å². The Hall–Kier alpha value is -1.01. The van der Waals surface area contributed by atoms with Gasteiger partial charge in [-0.1, -0.05) is 32.5 Å². The van der Waals surface area contributed by atoms with E-state index in [0.717, 1.165) is 10.9 Å². The van der Waals surface area contributed by atoms with Crippen molar-refractivity contribution in [1.29, 1.82) is 0 Å². The van der Waals surface area contributed by atoms with Crippen molar-refractivity contribution >= 4 is 17.7 Å². The average molecular weight is 285 g/mol. The Balaban J connectivity index is 2.80. The molecule has 0 aliphatic carbocycles. The van der Waals surface area contributed by atoms with Crippen molar-refractivity contribution in [3.63, 3.8) is 0 Å². The quantitative estimate of drug-likeness (QED) is 0.637. The van der Waals surface area contributed by atoms with Gasteiger partial charge in [-0.25, -0.2) is 4.98 Å². The highest BCUT2D eigenvalue weighted by molar-refractivity contribution is 8.00. The first-order valence-electron chi connectivity index (χ1n) is 6.24. The van der Waals surface area contributed by atoms with Crippen LogP contribution >= 0.6 is 11.8 Å². The number of aliphatic carboxylic acids is 1. The number of nitrogens with one attached hydrogen (secondary N) is 1. The van der Waals surface area contributed by atoms with Gasteiger partial charge in [-0.2, -0.15) is 0 Å². The highest BCUT2D eigenvalue weighted by Crippen LogP contribution is 2.29. The molecule has 0 fully saturated rings. The number of aromatic amines is 1. The van der Waals surface area contributed by atoms with Crippen LogP contribution in [-0.2, 0) is 11.2 Å². The molecule has 0 aromatic carbocycles. The predicted octanol–water partition coefficient (Wildman–Crippen LogP) is 0.667. The van der Waals surface area contributed by atoms with E-state index < -0.39 is 12.0 Å². The largest absolute Gasteiger partial charge is 0.544 e. The van der Waals surface area contributed by atoms with Gasteiger partial charge in [0.1, 0.15) is 6.04 Å². The zero-order chi connectivity index (χ0) is 14.8. The Labute approximate surface area is 119 Å². The number of likely N-dealkylation sites (N-methyl/N-ethyl adjacent to an activating group) is 1. The molecule has 1 heterocycles. The topological polar surface area (TPSA) is 68.8 Å². The van der Waals surface area contributed by atoms with Gasteiger partial charge in [-0.15, -0.1) is 0 Å². The van der Waals surface area contributed by atoms with Crippen molar-refractivity contribution in [2.75, 3.05) is 21.1 Å². The molecule has 0 amide bonds. The van der Waals surface area contributed by atoms with Crippen LogP contribution < -0.4 is 5.11 Å². The summed E-state index contributed by atoms with van der Waals surface area (Å²) >= 11 is 1.63. The van der Waals surface area contributed by atoms with Crippen LogP contribution in [0, 0.1) is 0 Å². The van der Waals surface area contributed by atoms with Crippen LogP contribution in [0.3, 0.4) is 0 Å². The van der Waals surface area contributed by atoms with Crippen molar-refractivity contribution in [1.82, 2.24) is 9.97 Å². The van der Waals surface area contributed by atoms with Crippen LogP contribution in [0.2, 0.25) is 0 Å². The van der Waals surface area contributed by atoms with Crippen molar-refractivity contribution < 1.29 is 14.4 Å². The van der Waals surface area contributed by atoms with E-state index in [0.29, 0.717) is 10.9 Å². The molecule has 0 radical (unpaired) electrons. The first-order chi connectivity index (χ1) is 8.49. The minimum Gasteiger partial charge on any atom is -0.544 e. The third-order valence-corrected chi connectivity index (χ3v) is 3.64. The van der Waals surface area contributed by atoms with Crippen molar-refractivity contribution in [2.24, 2.45) is 0 Å². The number of rotatable bonds is 5. The second-order valence-electron chi connectivity index (χ2n) is 6.58. The molecule has 6 heteroatoms. The number of H-pyrrole nitrogens is 1. The number of carbonyl (C=O) groups is 1. The summed E-state index contributed by atoms with van der Waals surface area (Å²) < 4.78 is 0.395. The normalized spacial score (nSPS) is 14.4. The Morgan fingerprint density at radius 1 is 1.47 bits per heavy atom. The Morgan fingerprint density at radius 2 is 2.05 bits per heavy atom. The SMILES string of the molecule is CC(C)(C)Sc1ncc(C[C@@H](C(=O)[O-])[N+](C)(C)C)[nH]1. The van der Waals surface area contributed by atoms with Gasteiger partial charge in [0.2, 0.25) is 0 Å². The molecule has 0 spiro atoms. The number of nitrogens with zero attached hydrogens (tertiary/aromatic N) is 2. The predicted molar refractivity (Wildman–Crippen MR) is 74.7 cm³/mol. The van der Waals surface area contributed by atoms with E-state index in [1.165, 1.54) is 0 Å². The molecule has 0 aliphatic heterocycles. The maximum absolute atomic E-state index is 11.2. The number of thioether (sulfide) groups is 1. The van der Waals surface area contributed by atoms with Gasteiger partial charge < -0.3 is 19.4 Å². The molecule has 1 aromatic heterocycles. The number of quaternary nitrogens is 1. The second-order valence-corrected chi connectivity index (χ2v) is 8.40. The van der Waals surface area contributed by atoms with Crippen LogP contribution in [-0.4, -0.2) is 52.4 Å². The van der Waals surface area contributed by atoms with Gasteiger partial charge in [-0.3, -0.25) is 0 Å². The van der Waals surface area contributed by atoms with E-state index in [9.17, 15) is 9.90 Å². The Kier molecular flexibility index (Phi) is 4.68. The third kappa shape index (κ3) is 5.24. The number of imidazole rings is 1. The van der Waals surface area contributed by atoms with Crippen LogP contribution in [0.5, 0.6) is 0 Å². The van der Waals surface area contributed by atoms with Crippen LogP contribution in [0.15, 0.2) is 11.4 Å². The van der Waals surface area contributed by atoms with Crippen LogP contribution in [0.1, 0.15) is 26.5 Å². The van der Waals surface area contributed by atoms with Gasteiger partial charge in [0.05, 0.1) is 27.1 Å². The molecule has 5 nitrogen and oxygen atoms in total. The van der Waals surface area contributed by atoms with Gasteiger partial charge in [0.15, 0.2) is 5.16 Å². The number of carboxylic acid groups (broad SMARTS) is 1. The summed E-state index contributed by atoms with van der Waals surface area (Å²) in [5, 5.41) is 12.0. The average Bonchev–Trinajstić information content (AvgIpc) is 2.56. The monoisotopic (exact) mass is 285 g/mol. The van der Waals surface area contributed by atoms with Crippen molar-refractivity contribution in [2.45, 2.75) is 43.1 Å². The molecule has 0 bridgehead atoms. The zero-order valence-corrected chi connectivity index (χ0v) is 13.3. The number of hydrogen-bond acceptors (Lipinski definition) is 4. The Morgan fingerprint density at radius 3 is 2.47 bits per heavy atom. The molecule has 1 aromatic rings. The molecule has 1 atom stereocenters. The highest BCUT2D eigenvalue weighted by atomic mass is 32.2. The summed E-state index contributed by atoms with van der Waals surface area (Å²) in [6.45, 7) is 6.32. The van der Waals surface area contributed by atoms with Crippen molar-refractivity contribution in [3.8, 4) is 0 Å². The van der Waals surface area contributed by atoms with Crippen LogP contribution in [0.25, 0.3) is 0 Å². The molecule has 0 unspecified atom stereocenters. The molecule has 0 saturated carbocycles. The lowest BCUT2D eigenvalue weighted by Gasteiger charge is -2.34. The summed E-state index contributed by atoms with van der Waals surface area (Å²) in [6, 6.07) is -0.590. The molecular weight excluding hydrogens is 262 g/mol. The summed E-state index contributed by atoms with van der Waals surface area (Å²) in [7, 11) is 5.55. The number of carbonyl (C=O) groups excluding carboxylic acids is 1.